The third kappa shape index (κ3) is 17.3. The van der Waals surface area contributed by atoms with Crippen molar-refractivity contribution in [1.29, 1.82) is 0 Å². The van der Waals surface area contributed by atoms with Gasteiger partial charge in [-0.15, -0.1) is 0 Å². The van der Waals surface area contributed by atoms with Crippen LogP contribution in [0.5, 0.6) is 34.5 Å². The van der Waals surface area contributed by atoms with Gasteiger partial charge >= 0.3 is 113 Å². The summed E-state index contributed by atoms with van der Waals surface area (Å²) in [6.07, 6.45) is 2.24. The molecule has 0 unspecified atom stereocenters. The van der Waals surface area contributed by atoms with Gasteiger partial charge in [0.05, 0.1) is 21.3 Å². The molecule has 0 aliphatic carbocycles. The third-order valence-corrected chi connectivity index (χ3v) is 5.10. The van der Waals surface area contributed by atoms with Gasteiger partial charge in [-0.3, -0.25) is 0 Å². The second-order valence-corrected chi connectivity index (χ2v) is 9.45. The zero-order valence-electron chi connectivity index (χ0n) is 23.9. The maximum Gasteiger partial charge on any atom is 1.00 e. The van der Waals surface area contributed by atoms with E-state index in [-0.39, 0.29) is 136 Å². The third-order valence-electron chi connectivity index (χ3n) is 3.87. The van der Waals surface area contributed by atoms with Crippen molar-refractivity contribution in [2.45, 2.75) is 0 Å². The van der Waals surface area contributed by atoms with Crippen LogP contribution in [0.15, 0.2) is 24.3 Å². The van der Waals surface area contributed by atoms with Crippen LogP contribution in [0.4, 0.5) is 0 Å². The van der Waals surface area contributed by atoms with E-state index in [0.29, 0.717) is 0 Å². The Morgan fingerprint density at radius 3 is 1.39 bits per heavy atom. The molecule has 0 aromatic heterocycles. The van der Waals surface area contributed by atoms with Gasteiger partial charge in [-0.2, -0.15) is 0 Å². The Balaban J connectivity index is -0.000000720. The Morgan fingerprint density at radius 1 is 0.537 bits per heavy atom. The fourth-order valence-corrected chi connectivity index (χ4v) is 3.86. The summed E-state index contributed by atoms with van der Waals surface area (Å²) < 4.78 is 61.3. The summed E-state index contributed by atoms with van der Waals surface area (Å²) in [5, 5.41) is 0. The minimum absolute atomic E-state index is 0. The smallest absolute Gasteiger partial charge is 0.780 e. The normalized spacial score (nSPS) is 10.6. The zero-order valence-corrected chi connectivity index (χ0v) is 26.6. The van der Waals surface area contributed by atoms with Crippen LogP contribution in [0.3, 0.4) is 0 Å². The summed E-state index contributed by atoms with van der Waals surface area (Å²) >= 11 is 0. The Labute approximate surface area is 308 Å². The summed E-state index contributed by atoms with van der Waals surface area (Å²) in [4.78, 5) is 66.9. The molecule has 0 atom stereocenters. The molecule has 2 rings (SSSR count). The number of benzene rings is 2. The monoisotopic (exact) mass is 594 g/mol. The first-order chi connectivity index (χ1) is 16.1. The SMILES string of the molecule is COc1cc(/C=C\c2ccc(OC)c(OP(=O)([O-])[O-])c2OP(=O)([O-])[O-])cc(OP(=O)([O-])[O-])c1OC.[Li+].[Li+].[Li+].[Li+].[Li+].[Li+]. The van der Waals surface area contributed by atoms with E-state index in [1.165, 1.54) is 19.3 Å². The van der Waals surface area contributed by atoms with Crippen molar-refractivity contribution in [3.63, 3.8) is 0 Å². The molecule has 41 heavy (non-hydrogen) atoms. The summed E-state index contributed by atoms with van der Waals surface area (Å²) in [5.74, 6) is -3.30. The van der Waals surface area contributed by atoms with Gasteiger partial charge < -0.3 is 70.8 Å². The predicted octanol–water partition coefficient (Wildman–Crippen LogP) is -19.5. The number of rotatable bonds is 11. The van der Waals surface area contributed by atoms with Crippen LogP contribution in [0.2, 0.25) is 0 Å². The fourth-order valence-electron chi connectivity index (χ4n) is 2.68. The van der Waals surface area contributed by atoms with Crippen LogP contribution in [0.1, 0.15) is 11.1 Å². The van der Waals surface area contributed by atoms with E-state index >= 15 is 0 Å². The van der Waals surface area contributed by atoms with Gasteiger partial charge in [0.25, 0.3) is 0 Å². The number of ether oxygens (including phenoxy) is 3. The summed E-state index contributed by atoms with van der Waals surface area (Å²) in [5.41, 5.74) is -0.210. The van der Waals surface area contributed by atoms with Crippen LogP contribution in [-0.2, 0) is 13.7 Å². The van der Waals surface area contributed by atoms with Gasteiger partial charge in [0.2, 0.25) is 11.5 Å². The van der Waals surface area contributed by atoms with E-state index in [2.05, 4.69) is 13.6 Å². The topological polar surface area (TPSA) is 245 Å². The van der Waals surface area contributed by atoms with E-state index in [1.807, 2.05) is 0 Å². The van der Waals surface area contributed by atoms with Gasteiger partial charge in [-0.25, -0.2) is 0 Å². The van der Waals surface area contributed by atoms with Gasteiger partial charge in [0.15, 0.2) is 23.0 Å². The minimum atomic E-state index is -5.81. The molecule has 0 N–H and O–H groups in total. The second kappa shape index (κ2) is 21.7. The molecule has 0 amide bonds. The Morgan fingerprint density at radius 2 is 0.976 bits per heavy atom. The fraction of sp³-hybridized carbons (Fsp3) is 0.176. The first-order valence-electron chi connectivity index (χ1n) is 8.87. The van der Waals surface area contributed by atoms with Crippen molar-refractivity contribution in [3.8, 4) is 34.5 Å². The molecule has 0 saturated heterocycles. The predicted molar refractivity (Wildman–Crippen MR) is 106 cm³/mol. The molecular weight excluding hydrogens is 579 g/mol. The molecule has 0 aliphatic rings. The van der Waals surface area contributed by atoms with Crippen LogP contribution < -0.4 is 170 Å². The van der Waals surface area contributed by atoms with Gasteiger partial charge in [-0.05, 0) is 29.8 Å². The van der Waals surface area contributed by atoms with Gasteiger partial charge in [0, 0.05) is 5.56 Å². The van der Waals surface area contributed by atoms with Crippen molar-refractivity contribution >= 4 is 35.6 Å². The maximum atomic E-state index is 11.2. The number of phosphoric ester groups is 3. The number of phosphoric acid groups is 3. The largest absolute Gasteiger partial charge is 1.00 e. The molecule has 194 valence electrons. The molecule has 0 heterocycles. The molecule has 0 saturated carbocycles. The van der Waals surface area contributed by atoms with E-state index in [4.69, 9.17) is 14.2 Å². The first-order valence-corrected chi connectivity index (χ1v) is 13.2. The molecule has 0 aliphatic heterocycles. The zero-order chi connectivity index (χ0) is 26.6. The second-order valence-electron chi connectivity index (χ2n) is 6.22. The van der Waals surface area contributed by atoms with Crippen molar-refractivity contribution in [2.24, 2.45) is 0 Å². The average molecular weight is 594 g/mol. The van der Waals surface area contributed by atoms with Crippen molar-refractivity contribution in [1.82, 2.24) is 0 Å². The van der Waals surface area contributed by atoms with Crippen molar-refractivity contribution in [3.05, 3.63) is 35.4 Å². The van der Waals surface area contributed by atoms with E-state index < -0.39 is 46.5 Å². The molecule has 0 fully saturated rings. The molecule has 0 bridgehead atoms. The van der Waals surface area contributed by atoms with Crippen molar-refractivity contribution < 1.29 is 184 Å². The molecular formula is C17H15Li6O15P3. The van der Waals surface area contributed by atoms with Crippen LogP contribution in [0.25, 0.3) is 12.2 Å². The van der Waals surface area contributed by atoms with Gasteiger partial charge in [-0.1, -0.05) is 12.2 Å². The molecule has 15 nitrogen and oxygen atoms in total. The molecule has 0 spiro atoms. The van der Waals surface area contributed by atoms with Crippen molar-refractivity contribution in [2.75, 3.05) is 21.3 Å². The number of hydrogen-bond donors (Lipinski definition) is 0. The van der Waals surface area contributed by atoms with E-state index in [9.17, 15) is 43.1 Å². The van der Waals surface area contributed by atoms with E-state index in [0.717, 1.165) is 38.5 Å². The quantitative estimate of drug-likeness (QED) is 0.133. The van der Waals surface area contributed by atoms with Crippen LogP contribution >= 0.6 is 23.5 Å². The minimum Gasteiger partial charge on any atom is -0.780 e. The Bertz CT molecular complexity index is 1260. The van der Waals surface area contributed by atoms with Crippen LogP contribution in [0, 0.1) is 0 Å². The van der Waals surface area contributed by atoms with Crippen LogP contribution in [-0.4, -0.2) is 21.3 Å². The summed E-state index contributed by atoms with van der Waals surface area (Å²) in [7, 11) is -13.7. The maximum absolute atomic E-state index is 11.2. The Hall–Kier alpha value is 1.01. The summed E-state index contributed by atoms with van der Waals surface area (Å²) in [6.45, 7) is 0. The summed E-state index contributed by atoms with van der Waals surface area (Å²) in [6, 6.07) is 4.53. The standard InChI is InChI=1S/C17H21O15P3.6Li/c1-27-12-7-6-11(15(31-34(21,22)23)17(12)32-35(24,25)26)5-4-10-8-13(28-2)16(29-3)14(9-10)30-33(18,19)20;;;;;;/h4-9H,1-3H3,(H2,18,19,20)(H2,21,22,23)(H2,24,25,26);;;;;;/q;6*+1/p-6/b5-4-;;;;;;. The molecule has 0 radical (unpaired) electrons. The van der Waals surface area contributed by atoms with Gasteiger partial charge in [0.1, 0.15) is 23.5 Å². The van der Waals surface area contributed by atoms with E-state index in [1.54, 1.807) is 0 Å². The number of hydrogen-bond acceptors (Lipinski definition) is 15. The first kappa shape index (κ1) is 51.6. The molecule has 24 heteroatoms. The Kier molecular flexibility index (Phi) is 27.3. The number of methoxy groups -OCH3 is 3. The molecule has 2 aromatic rings. The average Bonchev–Trinajstić information content (AvgIpc) is 2.70. The molecule has 2 aromatic carbocycles.